The molecule has 0 saturated carbocycles. The minimum absolute atomic E-state index is 0.140. The van der Waals surface area contributed by atoms with Gasteiger partial charge < -0.3 is 9.84 Å². The zero-order valence-corrected chi connectivity index (χ0v) is 10.1. The summed E-state index contributed by atoms with van der Waals surface area (Å²) in [5, 5.41) is 7.25. The van der Waals surface area contributed by atoms with Gasteiger partial charge in [0.05, 0.1) is 12.1 Å². The van der Waals surface area contributed by atoms with Crippen LogP contribution in [0.1, 0.15) is 5.69 Å². The molecule has 1 aromatic carbocycles. The number of carbonyl (C=O) groups is 1. The molecule has 0 saturated heterocycles. The summed E-state index contributed by atoms with van der Waals surface area (Å²) in [6.07, 6.45) is 1.56. The quantitative estimate of drug-likeness (QED) is 0.932. The molecule has 6 heteroatoms. The number of nitrogens with one attached hydrogen (secondary N) is 1. The van der Waals surface area contributed by atoms with E-state index in [1.165, 1.54) is 6.26 Å². The number of hydrogen-bond donors (Lipinski definition) is 1. The van der Waals surface area contributed by atoms with Gasteiger partial charge in [-0.3, -0.25) is 4.79 Å². The lowest BCUT2D eigenvalue weighted by Gasteiger charge is -2.04. The predicted molar refractivity (Wildman–Crippen MR) is 65.3 cm³/mol. The largest absolute Gasteiger partial charge is 0.364 e. The first kappa shape index (κ1) is 12.0. The summed E-state index contributed by atoms with van der Waals surface area (Å²) in [6.45, 7) is 0. The molecule has 2 rings (SSSR count). The zero-order valence-electron chi connectivity index (χ0n) is 8.61. The molecule has 0 aliphatic heterocycles. The van der Waals surface area contributed by atoms with Crippen LogP contribution in [0.2, 0.25) is 10.0 Å². The van der Waals surface area contributed by atoms with Crippen LogP contribution < -0.4 is 5.32 Å². The number of carbonyl (C=O) groups excluding carboxylic acids is 1. The molecule has 1 aromatic heterocycles. The highest BCUT2D eigenvalue weighted by Crippen LogP contribution is 2.22. The van der Waals surface area contributed by atoms with E-state index in [9.17, 15) is 4.79 Å². The molecule has 4 nitrogen and oxygen atoms in total. The second kappa shape index (κ2) is 5.21. The Morgan fingerprint density at radius 1 is 1.29 bits per heavy atom. The van der Waals surface area contributed by atoms with E-state index in [0.29, 0.717) is 21.4 Å². The van der Waals surface area contributed by atoms with Gasteiger partial charge in [-0.1, -0.05) is 28.4 Å². The van der Waals surface area contributed by atoms with Gasteiger partial charge >= 0.3 is 0 Å². The van der Waals surface area contributed by atoms with Crippen molar-refractivity contribution in [2.45, 2.75) is 6.42 Å². The van der Waals surface area contributed by atoms with Crippen LogP contribution in [0, 0.1) is 0 Å². The molecule has 0 aliphatic carbocycles. The van der Waals surface area contributed by atoms with Gasteiger partial charge in [-0.25, -0.2) is 0 Å². The fraction of sp³-hybridized carbons (Fsp3) is 0.0909. The van der Waals surface area contributed by atoms with Crippen LogP contribution >= 0.6 is 23.2 Å². The number of aromatic nitrogens is 1. The summed E-state index contributed by atoms with van der Waals surface area (Å²) in [4.78, 5) is 11.6. The van der Waals surface area contributed by atoms with Gasteiger partial charge in [0.2, 0.25) is 5.91 Å². The van der Waals surface area contributed by atoms with Crippen molar-refractivity contribution in [3.8, 4) is 0 Å². The lowest BCUT2D eigenvalue weighted by molar-refractivity contribution is -0.115. The van der Waals surface area contributed by atoms with Crippen molar-refractivity contribution >= 4 is 34.8 Å². The maximum Gasteiger partial charge on any atom is 0.230 e. The summed E-state index contributed by atoms with van der Waals surface area (Å²) < 4.78 is 4.63. The third-order valence-corrected chi connectivity index (χ3v) is 2.42. The first-order valence-electron chi connectivity index (χ1n) is 4.79. The summed E-state index contributed by atoms with van der Waals surface area (Å²) in [7, 11) is 0. The topological polar surface area (TPSA) is 55.1 Å². The molecule has 0 atom stereocenters. The number of amides is 1. The first-order chi connectivity index (χ1) is 8.13. The molecule has 1 N–H and O–H groups in total. The van der Waals surface area contributed by atoms with E-state index in [4.69, 9.17) is 23.2 Å². The monoisotopic (exact) mass is 270 g/mol. The Bertz CT molecular complexity index is 506. The van der Waals surface area contributed by atoms with Gasteiger partial charge in [0.1, 0.15) is 6.26 Å². The highest BCUT2D eigenvalue weighted by molar-refractivity contribution is 6.35. The van der Waals surface area contributed by atoms with Crippen LogP contribution in [0.5, 0.6) is 0 Å². The maximum atomic E-state index is 11.6. The fourth-order valence-corrected chi connectivity index (χ4v) is 1.85. The van der Waals surface area contributed by atoms with E-state index < -0.39 is 0 Å². The van der Waals surface area contributed by atoms with E-state index in [2.05, 4.69) is 15.0 Å². The molecular weight excluding hydrogens is 263 g/mol. The molecule has 0 fully saturated rings. The summed E-state index contributed by atoms with van der Waals surface area (Å²) in [5.41, 5.74) is 1.12. The normalized spacial score (nSPS) is 10.2. The minimum Gasteiger partial charge on any atom is -0.364 e. The first-order valence-corrected chi connectivity index (χ1v) is 5.54. The number of hydrogen-bond acceptors (Lipinski definition) is 3. The zero-order chi connectivity index (χ0) is 12.3. The van der Waals surface area contributed by atoms with Gasteiger partial charge in [-0.2, -0.15) is 0 Å². The van der Waals surface area contributed by atoms with Crippen molar-refractivity contribution < 1.29 is 9.32 Å². The Labute approximate surface area is 108 Å². The molecule has 0 radical (unpaired) electrons. The average molecular weight is 271 g/mol. The van der Waals surface area contributed by atoms with Crippen molar-refractivity contribution in [2.24, 2.45) is 0 Å². The van der Waals surface area contributed by atoms with Crippen molar-refractivity contribution in [3.63, 3.8) is 0 Å². The van der Waals surface area contributed by atoms with Crippen LogP contribution in [-0.2, 0) is 11.2 Å². The van der Waals surface area contributed by atoms with Gasteiger partial charge in [0, 0.05) is 21.8 Å². The van der Waals surface area contributed by atoms with Gasteiger partial charge in [-0.05, 0) is 18.2 Å². The predicted octanol–water partition coefficient (Wildman–Crippen LogP) is 3.16. The molecule has 1 heterocycles. The van der Waals surface area contributed by atoms with Crippen LogP contribution in [-0.4, -0.2) is 11.1 Å². The van der Waals surface area contributed by atoms with E-state index in [1.807, 2.05) is 0 Å². The molecule has 0 unspecified atom stereocenters. The second-order valence-electron chi connectivity index (χ2n) is 3.37. The third kappa shape index (κ3) is 3.47. The number of halogens is 2. The molecule has 1 amide bonds. The smallest absolute Gasteiger partial charge is 0.230 e. The third-order valence-electron chi connectivity index (χ3n) is 1.98. The Balaban J connectivity index is 2.03. The highest BCUT2D eigenvalue weighted by atomic mass is 35.5. The number of nitrogens with zero attached hydrogens (tertiary/aromatic N) is 1. The number of benzene rings is 1. The summed E-state index contributed by atoms with van der Waals surface area (Å²) in [6, 6.07) is 6.46. The standard InChI is InChI=1S/C11H8Cl2N2O2/c12-7-3-8(13)5-10(4-7)14-11(16)6-9-1-2-17-15-9/h1-5H,6H2,(H,14,16). The molecule has 17 heavy (non-hydrogen) atoms. The van der Waals surface area contributed by atoms with Gasteiger partial charge in [-0.15, -0.1) is 0 Å². The van der Waals surface area contributed by atoms with Crippen molar-refractivity contribution in [3.05, 3.63) is 46.3 Å². The van der Waals surface area contributed by atoms with Gasteiger partial charge in [0.25, 0.3) is 0 Å². The minimum atomic E-state index is -0.211. The van der Waals surface area contributed by atoms with Crippen molar-refractivity contribution in [2.75, 3.05) is 5.32 Å². The summed E-state index contributed by atoms with van der Waals surface area (Å²) >= 11 is 11.6. The highest BCUT2D eigenvalue weighted by Gasteiger charge is 2.07. The number of rotatable bonds is 3. The van der Waals surface area contributed by atoms with Crippen LogP contribution in [0.4, 0.5) is 5.69 Å². The Morgan fingerprint density at radius 2 is 2.00 bits per heavy atom. The Hall–Kier alpha value is -1.52. The average Bonchev–Trinajstić information content (AvgIpc) is 2.67. The number of anilines is 1. The lowest BCUT2D eigenvalue weighted by atomic mass is 10.2. The lowest BCUT2D eigenvalue weighted by Crippen LogP contribution is -2.14. The van der Waals surface area contributed by atoms with Crippen LogP contribution in [0.25, 0.3) is 0 Å². The molecule has 88 valence electrons. The van der Waals surface area contributed by atoms with Gasteiger partial charge in [0.15, 0.2) is 0 Å². The fourth-order valence-electron chi connectivity index (χ4n) is 1.32. The molecule has 0 aliphatic rings. The summed E-state index contributed by atoms with van der Waals surface area (Å²) in [5.74, 6) is -0.211. The van der Waals surface area contributed by atoms with Crippen LogP contribution in [0.3, 0.4) is 0 Å². The van der Waals surface area contributed by atoms with Crippen LogP contribution in [0.15, 0.2) is 35.1 Å². The van der Waals surface area contributed by atoms with Crippen molar-refractivity contribution in [1.29, 1.82) is 0 Å². The molecular formula is C11H8Cl2N2O2. The SMILES string of the molecule is O=C(Cc1ccon1)Nc1cc(Cl)cc(Cl)c1. The van der Waals surface area contributed by atoms with E-state index in [-0.39, 0.29) is 12.3 Å². The second-order valence-corrected chi connectivity index (χ2v) is 4.25. The van der Waals surface area contributed by atoms with E-state index in [0.717, 1.165) is 0 Å². The maximum absolute atomic E-state index is 11.6. The Kier molecular flexibility index (Phi) is 3.66. The van der Waals surface area contributed by atoms with E-state index >= 15 is 0 Å². The molecule has 0 bridgehead atoms. The van der Waals surface area contributed by atoms with E-state index in [1.54, 1.807) is 24.3 Å². The molecule has 0 spiro atoms. The van der Waals surface area contributed by atoms with Crippen molar-refractivity contribution in [1.82, 2.24) is 5.16 Å². The Morgan fingerprint density at radius 3 is 2.59 bits per heavy atom. The molecule has 2 aromatic rings.